The summed E-state index contributed by atoms with van der Waals surface area (Å²) in [4.78, 5) is 0. The van der Waals surface area contributed by atoms with Gasteiger partial charge in [0.15, 0.2) is 0 Å². The van der Waals surface area contributed by atoms with Crippen LogP contribution < -0.4 is 21.5 Å². The molecule has 0 bridgehead atoms. The minimum absolute atomic E-state index is 0. The first-order valence-corrected chi connectivity index (χ1v) is 6.31. The van der Waals surface area contributed by atoms with Gasteiger partial charge in [-0.15, -0.1) is 0 Å². The summed E-state index contributed by atoms with van der Waals surface area (Å²) in [5.41, 5.74) is 2.70. The van der Waals surface area contributed by atoms with Crippen molar-refractivity contribution in [1.29, 1.82) is 0 Å². The molecule has 0 radical (unpaired) electrons. The van der Waals surface area contributed by atoms with Gasteiger partial charge in [0, 0.05) is 6.92 Å². The molecule has 3 heteroatoms. The zero-order chi connectivity index (χ0) is 12.3. The van der Waals surface area contributed by atoms with Crippen LogP contribution in [0.3, 0.4) is 0 Å². The summed E-state index contributed by atoms with van der Waals surface area (Å²) < 4.78 is 4.63. The third kappa shape index (κ3) is 3.45. The fraction of sp³-hybridized carbons (Fsp3) is 0.400. The average molecular weight is 309 g/mol. The number of aryl methyl sites for hydroxylation is 2. The van der Waals surface area contributed by atoms with E-state index in [1.807, 2.05) is 0 Å². The van der Waals surface area contributed by atoms with Gasteiger partial charge in [0.2, 0.25) is 0 Å². The highest BCUT2D eigenvalue weighted by molar-refractivity contribution is 5.21. The molecular weight excluding hydrogens is 288 g/mol. The highest BCUT2D eigenvalue weighted by Crippen LogP contribution is 2.04. The van der Waals surface area contributed by atoms with Crippen molar-refractivity contribution < 1.29 is 21.5 Å². The topological polar surface area (TPSA) is 8.81 Å². The van der Waals surface area contributed by atoms with E-state index in [9.17, 15) is 0 Å². The Morgan fingerprint density at radius 1 is 1.22 bits per heavy atom. The van der Waals surface area contributed by atoms with Crippen LogP contribution in [0.5, 0.6) is 0 Å². The summed E-state index contributed by atoms with van der Waals surface area (Å²) in [6, 6.07) is 8.72. The number of halogens is 1. The zero-order valence-electron chi connectivity index (χ0n) is 11.4. The summed E-state index contributed by atoms with van der Waals surface area (Å²) in [5.74, 6) is 1.33. The van der Waals surface area contributed by atoms with Crippen molar-refractivity contribution in [3.05, 3.63) is 53.6 Å². The number of benzene rings is 1. The van der Waals surface area contributed by atoms with Crippen LogP contribution in [0, 0.1) is 13.8 Å². The Kier molecular flexibility index (Phi) is 5.60. The van der Waals surface area contributed by atoms with Crippen molar-refractivity contribution in [1.82, 2.24) is 4.57 Å². The Hall–Kier alpha value is -1.09. The maximum atomic E-state index is 2.32. The Bertz CT molecular complexity index is 503. The van der Waals surface area contributed by atoms with Gasteiger partial charge < -0.3 is 17.0 Å². The quantitative estimate of drug-likeness (QED) is 0.695. The van der Waals surface area contributed by atoms with Gasteiger partial charge in [0.25, 0.3) is 5.82 Å². The molecule has 0 aliphatic carbocycles. The zero-order valence-corrected chi connectivity index (χ0v) is 12.9. The highest BCUT2D eigenvalue weighted by atomic mass is 79.9. The number of hydrogen-bond donors (Lipinski definition) is 0. The van der Waals surface area contributed by atoms with Crippen molar-refractivity contribution in [3.63, 3.8) is 0 Å². The molecule has 0 atom stereocenters. The smallest absolute Gasteiger partial charge is 0.253 e. The summed E-state index contributed by atoms with van der Waals surface area (Å²) in [6.07, 6.45) is 5.53. The van der Waals surface area contributed by atoms with Crippen LogP contribution in [-0.2, 0) is 13.1 Å². The van der Waals surface area contributed by atoms with Crippen molar-refractivity contribution >= 4 is 0 Å². The molecule has 18 heavy (non-hydrogen) atoms. The van der Waals surface area contributed by atoms with Gasteiger partial charge >= 0.3 is 0 Å². The molecule has 1 heterocycles. The third-order valence-corrected chi connectivity index (χ3v) is 3.16. The summed E-state index contributed by atoms with van der Waals surface area (Å²) in [6.45, 7) is 8.61. The number of hydrogen-bond acceptors (Lipinski definition) is 0. The molecule has 0 aliphatic rings. The first kappa shape index (κ1) is 15.0. The Balaban J connectivity index is 0.00000162. The highest BCUT2D eigenvalue weighted by Gasteiger charge is 2.11. The molecule has 2 nitrogen and oxygen atoms in total. The molecular formula is C15H21BrN2. The number of aromatic nitrogens is 2. The second-order valence-corrected chi connectivity index (χ2v) is 4.66. The van der Waals surface area contributed by atoms with E-state index in [4.69, 9.17) is 0 Å². The van der Waals surface area contributed by atoms with Gasteiger partial charge in [-0.05, 0) is 18.9 Å². The van der Waals surface area contributed by atoms with Crippen molar-refractivity contribution in [2.75, 3.05) is 0 Å². The van der Waals surface area contributed by atoms with Crippen LogP contribution in [0.2, 0.25) is 0 Å². The van der Waals surface area contributed by atoms with Gasteiger partial charge in [0.05, 0.1) is 6.54 Å². The minimum atomic E-state index is 0. The second-order valence-electron chi connectivity index (χ2n) is 4.66. The van der Waals surface area contributed by atoms with Gasteiger partial charge in [-0.1, -0.05) is 36.8 Å². The first-order valence-electron chi connectivity index (χ1n) is 6.31. The predicted octanol–water partition coefficient (Wildman–Crippen LogP) is -0.145. The Morgan fingerprint density at radius 2 is 2.00 bits per heavy atom. The van der Waals surface area contributed by atoms with E-state index in [1.54, 1.807) is 0 Å². The Labute approximate surface area is 120 Å². The van der Waals surface area contributed by atoms with Crippen LogP contribution in [0.25, 0.3) is 0 Å². The van der Waals surface area contributed by atoms with Gasteiger partial charge in [0.1, 0.15) is 18.9 Å². The van der Waals surface area contributed by atoms with E-state index in [0.717, 1.165) is 13.1 Å². The predicted molar refractivity (Wildman–Crippen MR) is 69.9 cm³/mol. The van der Waals surface area contributed by atoms with Crippen LogP contribution in [0.1, 0.15) is 30.3 Å². The lowest BCUT2D eigenvalue weighted by molar-refractivity contribution is -0.694. The first-order chi connectivity index (χ1) is 8.20. The maximum Gasteiger partial charge on any atom is 0.253 e. The Morgan fingerprint density at radius 3 is 2.67 bits per heavy atom. The van der Waals surface area contributed by atoms with Crippen molar-refractivity contribution in [2.45, 2.75) is 40.3 Å². The molecule has 0 amide bonds. The lowest BCUT2D eigenvalue weighted by atomic mass is 10.1. The molecule has 2 rings (SSSR count). The van der Waals surface area contributed by atoms with Crippen molar-refractivity contribution in [2.24, 2.45) is 0 Å². The molecule has 0 aliphatic heterocycles. The van der Waals surface area contributed by atoms with Gasteiger partial charge in [-0.25, -0.2) is 9.13 Å². The molecule has 0 fully saturated rings. The molecule has 0 N–H and O–H groups in total. The summed E-state index contributed by atoms with van der Waals surface area (Å²) in [5, 5.41) is 0. The normalized spacial score (nSPS) is 10.2. The minimum Gasteiger partial charge on any atom is -1.00 e. The lowest BCUT2D eigenvalue weighted by Gasteiger charge is -2.02. The van der Waals surface area contributed by atoms with Crippen LogP contribution in [0.4, 0.5) is 0 Å². The van der Waals surface area contributed by atoms with E-state index in [1.165, 1.54) is 23.4 Å². The monoisotopic (exact) mass is 308 g/mol. The molecule has 0 spiro atoms. The third-order valence-electron chi connectivity index (χ3n) is 3.16. The van der Waals surface area contributed by atoms with Crippen molar-refractivity contribution in [3.8, 4) is 0 Å². The fourth-order valence-electron chi connectivity index (χ4n) is 2.19. The summed E-state index contributed by atoms with van der Waals surface area (Å²) >= 11 is 0. The van der Waals surface area contributed by atoms with Crippen LogP contribution >= 0.6 is 0 Å². The second kappa shape index (κ2) is 6.74. The SMILES string of the molecule is CCCn1cc[n+](Cc2cccc(C)c2)c1C.[Br-]. The van der Waals surface area contributed by atoms with E-state index >= 15 is 0 Å². The van der Waals surface area contributed by atoms with E-state index < -0.39 is 0 Å². The van der Waals surface area contributed by atoms with Crippen LogP contribution in [-0.4, -0.2) is 4.57 Å². The number of nitrogens with zero attached hydrogens (tertiary/aromatic N) is 2. The molecule has 1 aromatic carbocycles. The lowest BCUT2D eigenvalue weighted by Crippen LogP contribution is -3.00. The molecule has 2 aromatic rings. The van der Waals surface area contributed by atoms with Crippen LogP contribution in [0.15, 0.2) is 36.7 Å². The van der Waals surface area contributed by atoms with Gasteiger partial charge in [-0.2, -0.15) is 0 Å². The molecule has 0 unspecified atom stereocenters. The summed E-state index contributed by atoms with van der Waals surface area (Å²) in [7, 11) is 0. The molecule has 0 saturated heterocycles. The van der Waals surface area contributed by atoms with Gasteiger partial charge in [-0.3, -0.25) is 0 Å². The number of imidazole rings is 1. The van der Waals surface area contributed by atoms with E-state index in [2.05, 4.69) is 66.6 Å². The molecule has 98 valence electrons. The molecule has 1 aromatic heterocycles. The van der Waals surface area contributed by atoms with E-state index in [-0.39, 0.29) is 17.0 Å². The standard InChI is InChI=1S/C15H21N2.BrH/c1-4-8-16-9-10-17(14(16)3)12-15-7-5-6-13(2)11-15;/h5-7,9-11H,4,8,12H2,1-3H3;1H/q+1;/p-1. The molecule has 0 saturated carbocycles. The fourth-order valence-corrected chi connectivity index (χ4v) is 2.19. The van der Waals surface area contributed by atoms with E-state index in [0.29, 0.717) is 0 Å². The number of rotatable bonds is 4. The average Bonchev–Trinajstić information content (AvgIpc) is 2.62. The maximum absolute atomic E-state index is 2.32. The largest absolute Gasteiger partial charge is 1.00 e.